The van der Waals surface area contributed by atoms with E-state index in [1.165, 1.54) is 31.2 Å². The summed E-state index contributed by atoms with van der Waals surface area (Å²) >= 11 is 6.34. The van der Waals surface area contributed by atoms with Gasteiger partial charge in [-0.3, -0.25) is 0 Å². The minimum absolute atomic E-state index is 0.250. The summed E-state index contributed by atoms with van der Waals surface area (Å²) in [5, 5.41) is 3.61. The quantitative estimate of drug-likeness (QED) is 0.844. The van der Waals surface area contributed by atoms with Crippen LogP contribution in [0.4, 0.5) is 5.69 Å². The van der Waals surface area contributed by atoms with E-state index in [2.05, 4.69) is 5.32 Å². The molecule has 0 aromatic heterocycles. The molecule has 2 rings (SSSR count). The maximum atomic E-state index is 12.0. The number of nitrogens with zero attached hydrogens (tertiary/aromatic N) is 1. The highest BCUT2D eigenvalue weighted by molar-refractivity contribution is 7.89. The molecule has 0 saturated heterocycles. The fraction of sp³-hybridized carbons (Fsp3) is 0.600. The molecule has 0 heterocycles. The van der Waals surface area contributed by atoms with Crippen LogP contribution in [-0.4, -0.2) is 38.7 Å². The van der Waals surface area contributed by atoms with Crippen LogP contribution in [0.3, 0.4) is 0 Å². The van der Waals surface area contributed by atoms with Crippen LogP contribution in [0, 0.1) is 5.92 Å². The van der Waals surface area contributed by atoms with Gasteiger partial charge in [0.25, 0.3) is 0 Å². The maximum Gasteiger partial charge on any atom is 0.242 e. The standard InChI is InChI=1S/C15H23ClN2O2S/c1-18(2)21(19,20)14-9-7-13(8-10-14)17-11-12-5-3-4-6-15(12)16/h7-10,12,15,17H,3-6,11H2,1-2H3. The first kappa shape index (κ1) is 16.6. The second kappa shape index (κ2) is 6.99. The van der Waals surface area contributed by atoms with E-state index in [9.17, 15) is 8.42 Å². The summed E-state index contributed by atoms with van der Waals surface area (Å²) in [4.78, 5) is 0.311. The van der Waals surface area contributed by atoms with Crippen LogP contribution in [-0.2, 0) is 10.0 Å². The number of sulfonamides is 1. The molecule has 0 amide bonds. The van der Waals surface area contributed by atoms with Gasteiger partial charge >= 0.3 is 0 Å². The fourth-order valence-electron chi connectivity index (χ4n) is 2.60. The Hall–Kier alpha value is -0.780. The van der Waals surface area contributed by atoms with Crippen LogP contribution in [0.1, 0.15) is 25.7 Å². The lowest BCUT2D eigenvalue weighted by Crippen LogP contribution is -2.26. The van der Waals surface area contributed by atoms with Gasteiger partial charge in [0.2, 0.25) is 10.0 Å². The number of hydrogen-bond donors (Lipinski definition) is 1. The lowest BCUT2D eigenvalue weighted by Gasteiger charge is -2.27. The van der Waals surface area contributed by atoms with E-state index in [-0.39, 0.29) is 5.38 Å². The summed E-state index contributed by atoms with van der Waals surface area (Å²) in [5.41, 5.74) is 0.933. The maximum absolute atomic E-state index is 12.0. The van der Waals surface area contributed by atoms with Crippen LogP contribution >= 0.6 is 11.6 Å². The van der Waals surface area contributed by atoms with Crippen LogP contribution in [0.15, 0.2) is 29.2 Å². The van der Waals surface area contributed by atoms with Gasteiger partial charge in [0, 0.05) is 31.7 Å². The Morgan fingerprint density at radius 2 is 1.81 bits per heavy atom. The number of nitrogens with one attached hydrogen (secondary N) is 1. The molecule has 1 saturated carbocycles. The molecule has 0 radical (unpaired) electrons. The van der Waals surface area contributed by atoms with Gasteiger partial charge in [0.05, 0.1) is 4.90 Å². The molecule has 1 aliphatic rings. The molecule has 1 aromatic carbocycles. The molecule has 0 spiro atoms. The van der Waals surface area contributed by atoms with Crippen molar-refractivity contribution in [1.82, 2.24) is 4.31 Å². The summed E-state index contributed by atoms with van der Waals surface area (Å²) in [6.45, 7) is 0.841. The van der Waals surface area contributed by atoms with Crippen molar-refractivity contribution in [3.8, 4) is 0 Å². The van der Waals surface area contributed by atoms with Gasteiger partial charge in [-0.05, 0) is 43.0 Å². The SMILES string of the molecule is CN(C)S(=O)(=O)c1ccc(NCC2CCCCC2Cl)cc1. The first-order chi connectivity index (χ1) is 9.91. The number of benzene rings is 1. The number of hydrogen-bond acceptors (Lipinski definition) is 3. The van der Waals surface area contributed by atoms with Crippen LogP contribution in [0.2, 0.25) is 0 Å². The zero-order valence-electron chi connectivity index (χ0n) is 12.5. The summed E-state index contributed by atoms with van der Waals surface area (Å²) in [5.74, 6) is 0.491. The largest absolute Gasteiger partial charge is 0.385 e. The second-order valence-electron chi connectivity index (χ2n) is 5.75. The van der Waals surface area contributed by atoms with Crippen molar-refractivity contribution >= 4 is 27.3 Å². The zero-order chi connectivity index (χ0) is 15.5. The molecule has 0 aliphatic heterocycles. The highest BCUT2D eigenvalue weighted by Crippen LogP contribution is 2.29. The second-order valence-corrected chi connectivity index (χ2v) is 8.47. The summed E-state index contributed by atoms with van der Waals surface area (Å²) in [7, 11) is -0.288. The molecule has 118 valence electrons. The molecule has 1 N–H and O–H groups in total. The molecule has 21 heavy (non-hydrogen) atoms. The zero-order valence-corrected chi connectivity index (χ0v) is 14.1. The Labute approximate surface area is 132 Å². The van der Waals surface area contributed by atoms with Crippen molar-refractivity contribution < 1.29 is 8.42 Å². The highest BCUT2D eigenvalue weighted by Gasteiger charge is 2.22. The van der Waals surface area contributed by atoms with E-state index in [0.29, 0.717) is 10.8 Å². The van der Waals surface area contributed by atoms with E-state index in [0.717, 1.165) is 25.1 Å². The van der Waals surface area contributed by atoms with E-state index < -0.39 is 10.0 Å². The van der Waals surface area contributed by atoms with E-state index in [1.54, 1.807) is 12.1 Å². The Morgan fingerprint density at radius 3 is 2.38 bits per heavy atom. The lowest BCUT2D eigenvalue weighted by atomic mass is 9.88. The van der Waals surface area contributed by atoms with Crippen molar-refractivity contribution in [1.29, 1.82) is 0 Å². The number of halogens is 1. The molecule has 2 unspecified atom stereocenters. The monoisotopic (exact) mass is 330 g/mol. The Balaban J connectivity index is 1.97. The third-order valence-electron chi connectivity index (χ3n) is 4.02. The molecule has 0 bridgehead atoms. The normalized spacial score (nSPS) is 23.2. The smallest absolute Gasteiger partial charge is 0.242 e. The minimum atomic E-state index is -3.35. The first-order valence-electron chi connectivity index (χ1n) is 7.32. The average molecular weight is 331 g/mol. The Morgan fingerprint density at radius 1 is 1.19 bits per heavy atom. The number of rotatable bonds is 5. The molecule has 1 fully saturated rings. The van der Waals surface area contributed by atoms with Crippen molar-refractivity contribution in [2.75, 3.05) is 26.0 Å². The van der Waals surface area contributed by atoms with E-state index in [4.69, 9.17) is 11.6 Å². The third kappa shape index (κ3) is 4.11. The predicted octanol–water partition coefficient (Wildman–Crippen LogP) is 3.15. The van der Waals surface area contributed by atoms with Crippen molar-refractivity contribution in [3.63, 3.8) is 0 Å². The van der Waals surface area contributed by atoms with Crippen LogP contribution in [0.25, 0.3) is 0 Å². The van der Waals surface area contributed by atoms with Gasteiger partial charge in [0.15, 0.2) is 0 Å². The van der Waals surface area contributed by atoms with Crippen LogP contribution < -0.4 is 5.32 Å². The molecule has 2 atom stereocenters. The Kier molecular flexibility index (Phi) is 5.52. The topological polar surface area (TPSA) is 49.4 Å². The highest BCUT2D eigenvalue weighted by atomic mass is 35.5. The molecule has 4 nitrogen and oxygen atoms in total. The van der Waals surface area contributed by atoms with Gasteiger partial charge in [-0.1, -0.05) is 12.8 Å². The number of anilines is 1. The van der Waals surface area contributed by atoms with Gasteiger partial charge in [-0.25, -0.2) is 12.7 Å². The lowest BCUT2D eigenvalue weighted by molar-refractivity contribution is 0.380. The molecular weight excluding hydrogens is 308 g/mol. The Bertz CT molecular complexity index is 558. The minimum Gasteiger partial charge on any atom is -0.385 e. The van der Waals surface area contributed by atoms with Crippen molar-refractivity contribution in [2.24, 2.45) is 5.92 Å². The summed E-state index contributed by atoms with van der Waals surface area (Å²) in [6.07, 6.45) is 4.72. The molecule has 1 aromatic rings. The average Bonchev–Trinajstić information content (AvgIpc) is 2.46. The van der Waals surface area contributed by atoms with Gasteiger partial charge in [0.1, 0.15) is 0 Å². The molecule has 1 aliphatic carbocycles. The number of alkyl halides is 1. The summed E-state index contributed by atoms with van der Waals surface area (Å²) < 4.78 is 25.2. The van der Waals surface area contributed by atoms with Crippen molar-refractivity contribution in [2.45, 2.75) is 36.0 Å². The van der Waals surface area contributed by atoms with E-state index >= 15 is 0 Å². The first-order valence-corrected chi connectivity index (χ1v) is 9.19. The van der Waals surface area contributed by atoms with Gasteiger partial charge in [-0.2, -0.15) is 0 Å². The van der Waals surface area contributed by atoms with Gasteiger partial charge in [-0.15, -0.1) is 11.6 Å². The summed E-state index contributed by atoms with van der Waals surface area (Å²) in [6, 6.07) is 6.89. The van der Waals surface area contributed by atoms with Crippen molar-refractivity contribution in [3.05, 3.63) is 24.3 Å². The van der Waals surface area contributed by atoms with E-state index in [1.807, 2.05) is 12.1 Å². The third-order valence-corrected chi connectivity index (χ3v) is 6.42. The van der Waals surface area contributed by atoms with Gasteiger partial charge < -0.3 is 5.32 Å². The fourth-order valence-corrected chi connectivity index (χ4v) is 3.87. The molecular formula is C15H23ClN2O2S. The van der Waals surface area contributed by atoms with Crippen LogP contribution in [0.5, 0.6) is 0 Å². The molecule has 6 heteroatoms. The predicted molar refractivity (Wildman–Crippen MR) is 87.4 cm³/mol.